The predicted molar refractivity (Wildman–Crippen MR) is 130 cm³/mol. The van der Waals surface area contributed by atoms with Crippen molar-refractivity contribution in [3.63, 3.8) is 0 Å². The van der Waals surface area contributed by atoms with Crippen LogP contribution < -0.4 is 0 Å². The molecule has 3 aliphatic rings. The first kappa shape index (κ1) is 26.4. The lowest BCUT2D eigenvalue weighted by Gasteiger charge is -2.38. The maximum atomic E-state index is 14.0. The van der Waals surface area contributed by atoms with Crippen LogP contribution in [0.2, 0.25) is 0 Å². The first-order valence-corrected chi connectivity index (χ1v) is 12.6. The number of nitrogens with zero attached hydrogens (tertiary/aromatic N) is 3. The van der Waals surface area contributed by atoms with Crippen molar-refractivity contribution < 1.29 is 24.2 Å². The smallest absolute Gasteiger partial charge is 0.248 e. The Labute approximate surface area is 203 Å². The summed E-state index contributed by atoms with van der Waals surface area (Å²) in [7, 11) is 0. The molecule has 0 aliphatic carbocycles. The van der Waals surface area contributed by atoms with Crippen molar-refractivity contribution in [3.05, 3.63) is 25.3 Å². The van der Waals surface area contributed by atoms with Gasteiger partial charge in [-0.2, -0.15) is 0 Å². The Morgan fingerprint density at radius 3 is 2.41 bits per heavy atom. The van der Waals surface area contributed by atoms with E-state index in [1.165, 1.54) is 4.90 Å². The molecule has 1 N–H and O–H groups in total. The molecule has 34 heavy (non-hydrogen) atoms. The van der Waals surface area contributed by atoms with Crippen LogP contribution in [-0.2, 0) is 19.1 Å². The third kappa shape index (κ3) is 3.88. The third-order valence-corrected chi connectivity index (χ3v) is 7.91. The molecule has 3 aliphatic heterocycles. The largest absolute Gasteiger partial charge is 0.395 e. The van der Waals surface area contributed by atoms with Crippen LogP contribution in [0, 0.1) is 11.8 Å². The van der Waals surface area contributed by atoms with Gasteiger partial charge in [-0.1, -0.05) is 26.0 Å². The lowest BCUT2D eigenvalue weighted by molar-refractivity contribution is -0.156. The van der Waals surface area contributed by atoms with Gasteiger partial charge < -0.3 is 24.5 Å². The van der Waals surface area contributed by atoms with Crippen LogP contribution in [0.3, 0.4) is 0 Å². The standard InChI is InChI=1S/C26H41N3O5/c1-7-13-27(14-8-2)22(31)19-20-23(32)29(16-17-30)21(24(33)28(15-9-3)18(5)6)26(20)12-11-25(19,10-4)34-26/h7,9,18-21,30H,1,3,8,10-17H2,2,4-6H3/t19-,20-,21?,25+,26?/m0/s1. The van der Waals surface area contributed by atoms with Crippen molar-refractivity contribution in [1.29, 1.82) is 0 Å². The molecule has 5 atom stereocenters. The van der Waals surface area contributed by atoms with Gasteiger partial charge in [0.15, 0.2) is 0 Å². The summed E-state index contributed by atoms with van der Waals surface area (Å²) in [5.74, 6) is -1.98. The summed E-state index contributed by atoms with van der Waals surface area (Å²) in [4.78, 5) is 46.7. The number of aliphatic hydroxyl groups excluding tert-OH is 1. The van der Waals surface area contributed by atoms with E-state index in [2.05, 4.69) is 13.2 Å². The van der Waals surface area contributed by atoms with Crippen LogP contribution in [0.1, 0.15) is 53.4 Å². The van der Waals surface area contributed by atoms with Crippen LogP contribution in [0.5, 0.6) is 0 Å². The van der Waals surface area contributed by atoms with Gasteiger partial charge in [-0.15, -0.1) is 13.2 Å². The number of carbonyl (C=O) groups is 3. The Morgan fingerprint density at radius 1 is 1.21 bits per heavy atom. The summed E-state index contributed by atoms with van der Waals surface area (Å²) in [5, 5.41) is 9.76. The second-order valence-electron chi connectivity index (χ2n) is 10.0. The second kappa shape index (κ2) is 10.2. The number of hydrogen-bond donors (Lipinski definition) is 1. The van der Waals surface area contributed by atoms with Gasteiger partial charge >= 0.3 is 0 Å². The molecule has 8 heteroatoms. The topological polar surface area (TPSA) is 90.4 Å². The Kier molecular flexibility index (Phi) is 7.92. The zero-order valence-electron chi connectivity index (χ0n) is 21.2. The number of hydrogen-bond acceptors (Lipinski definition) is 5. The van der Waals surface area contributed by atoms with Crippen molar-refractivity contribution >= 4 is 17.7 Å². The molecule has 8 nitrogen and oxygen atoms in total. The Balaban J connectivity index is 2.11. The summed E-state index contributed by atoms with van der Waals surface area (Å²) < 4.78 is 6.76. The van der Waals surface area contributed by atoms with E-state index in [0.717, 1.165) is 6.42 Å². The first-order valence-electron chi connectivity index (χ1n) is 12.6. The van der Waals surface area contributed by atoms with Crippen molar-refractivity contribution in [2.75, 3.05) is 32.8 Å². The molecule has 3 fully saturated rings. The number of rotatable bonds is 12. The van der Waals surface area contributed by atoms with Crippen molar-refractivity contribution in [3.8, 4) is 0 Å². The minimum absolute atomic E-state index is 0.0300. The highest BCUT2D eigenvalue weighted by atomic mass is 16.5. The number of likely N-dealkylation sites (tertiary alicyclic amines) is 1. The monoisotopic (exact) mass is 475 g/mol. The van der Waals surface area contributed by atoms with E-state index < -0.39 is 29.1 Å². The zero-order chi connectivity index (χ0) is 25.3. The molecular weight excluding hydrogens is 434 g/mol. The van der Waals surface area contributed by atoms with Gasteiger partial charge in [0.2, 0.25) is 17.7 Å². The van der Waals surface area contributed by atoms with E-state index in [-0.39, 0.29) is 36.9 Å². The van der Waals surface area contributed by atoms with Crippen LogP contribution in [0.25, 0.3) is 0 Å². The molecule has 3 rings (SSSR count). The molecule has 0 saturated carbocycles. The van der Waals surface area contributed by atoms with E-state index >= 15 is 0 Å². The first-order chi connectivity index (χ1) is 16.2. The zero-order valence-corrected chi connectivity index (χ0v) is 21.2. The normalized spacial score (nSPS) is 31.6. The number of carbonyl (C=O) groups excluding carboxylic acids is 3. The van der Waals surface area contributed by atoms with Crippen molar-refractivity contribution in [2.24, 2.45) is 11.8 Å². The molecule has 0 aromatic heterocycles. The number of amides is 3. The lowest BCUT2D eigenvalue weighted by atomic mass is 9.64. The Morgan fingerprint density at radius 2 is 1.88 bits per heavy atom. The van der Waals surface area contributed by atoms with Crippen LogP contribution in [0.4, 0.5) is 0 Å². The van der Waals surface area contributed by atoms with Gasteiger partial charge in [0.05, 0.1) is 24.0 Å². The Bertz CT molecular complexity index is 829. The van der Waals surface area contributed by atoms with Gasteiger partial charge in [0.1, 0.15) is 11.6 Å². The number of ether oxygens (including phenoxy) is 1. The minimum atomic E-state index is -1.07. The van der Waals surface area contributed by atoms with Gasteiger partial charge in [0.25, 0.3) is 0 Å². The SMILES string of the molecule is C=CCN(CCC)C(=O)[C@@H]1[C@H]2C(=O)N(CCO)C(C(=O)N(CC=C)C(C)C)C23CC[C@@]1(CC)O3. The average Bonchev–Trinajstić information content (AvgIpc) is 3.40. The molecule has 3 heterocycles. The molecular formula is C26H41N3O5. The van der Waals surface area contributed by atoms with Gasteiger partial charge in [-0.25, -0.2) is 0 Å². The molecule has 190 valence electrons. The summed E-state index contributed by atoms with van der Waals surface area (Å²) in [5.41, 5.74) is -1.84. The maximum absolute atomic E-state index is 14.0. The number of fused-ring (bicyclic) bond motifs is 1. The van der Waals surface area contributed by atoms with Crippen molar-refractivity contribution in [2.45, 2.75) is 76.7 Å². The van der Waals surface area contributed by atoms with E-state index in [1.807, 2.05) is 27.7 Å². The molecule has 0 radical (unpaired) electrons. The minimum Gasteiger partial charge on any atom is -0.395 e. The van der Waals surface area contributed by atoms with Crippen LogP contribution >= 0.6 is 0 Å². The average molecular weight is 476 g/mol. The van der Waals surface area contributed by atoms with E-state index in [0.29, 0.717) is 38.9 Å². The van der Waals surface area contributed by atoms with Gasteiger partial charge in [-0.3, -0.25) is 14.4 Å². The molecule has 3 amide bonds. The summed E-state index contributed by atoms with van der Waals surface area (Å²) in [6.07, 6.45) is 5.91. The van der Waals surface area contributed by atoms with E-state index in [1.54, 1.807) is 22.0 Å². The fourth-order valence-electron chi connectivity index (χ4n) is 6.49. The van der Waals surface area contributed by atoms with Crippen LogP contribution in [0.15, 0.2) is 25.3 Å². The Hall–Kier alpha value is -2.19. The highest BCUT2D eigenvalue weighted by Crippen LogP contribution is 2.64. The maximum Gasteiger partial charge on any atom is 0.248 e. The molecule has 0 aromatic carbocycles. The van der Waals surface area contributed by atoms with E-state index in [4.69, 9.17) is 4.74 Å². The molecule has 2 bridgehead atoms. The van der Waals surface area contributed by atoms with Crippen molar-refractivity contribution in [1.82, 2.24) is 14.7 Å². The summed E-state index contributed by atoms with van der Waals surface area (Å²) >= 11 is 0. The highest BCUT2D eigenvalue weighted by molar-refractivity contribution is 5.99. The fraction of sp³-hybridized carbons (Fsp3) is 0.731. The van der Waals surface area contributed by atoms with Gasteiger partial charge in [-0.05, 0) is 39.5 Å². The molecule has 0 aromatic rings. The number of β-amino-alcohol motifs (C(OH)–C–C–N with tert-alkyl or cyclic N) is 1. The molecule has 2 unspecified atom stereocenters. The molecule has 3 saturated heterocycles. The quantitative estimate of drug-likeness (QED) is 0.436. The predicted octanol–water partition coefficient (Wildman–Crippen LogP) is 1.98. The highest BCUT2D eigenvalue weighted by Gasteiger charge is 2.79. The summed E-state index contributed by atoms with van der Waals surface area (Å²) in [6, 6.07) is -0.972. The van der Waals surface area contributed by atoms with Gasteiger partial charge in [0, 0.05) is 32.2 Å². The summed E-state index contributed by atoms with van der Waals surface area (Å²) in [6.45, 7) is 16.5. The fourth-order valence-corrected chi connectivity index (χ4v) is 6.49. The number of aliphatic hydroxyl groups is 1. The second-order valence-corrected chi connectivity index (χ2v) is 10.0. The lowest BCUT2D eigenvalue weighted by Crippen LogP contribution is -2.57. The van der Waals surface area contributed by atoms with E-state index in [9.17, 15) is 19.5 Å². The van der Waals surface area contributed by atoms with Crippen LogP contribution in [-0.4, -0.2) is 93.6 Å². The third-order valence-electron chi connectivity index (χ3n) is 7.91. The molecule has 1 spiro atoms.